The van der Waals surface area contributed by atoms with Crippen LogP contribution >= 0.6 is 15.9 Å². The maximum absolute atomic E-state index is 11.2. The quantitative estimate of drug-likeness (QED) is 0.812. The first-order chi connectivity index (χ1) is 5.66. The molecule has 1 aromatic rings. The predicted molar refractivity (Wildman–Crippen MR) is 52.1 cm³/mol. The summed E-state index contributed by atoms with van der Waals surface area (Å²) in [6.07, 6.45) is 0.715. The molecule has 0 aliphatic carbocycles. The highest BCUT2D eigenvalue weighted by Gasteiger charge is 2.02. The Balaban J connectivity index is 3.23. The van der Waals surface area contributed by atoms with Crippen LogP contribution in [0.3, 0.4) is 0 Å². The summed E-state index contributed by atoms with van der Waals surface area (Å²) < 4.78 is 2.55. The Morgan fingerprint density at radius 2 is 2.25 bits per heavy atom. The van der Waals surface area contributed by atoms with Crippen LogP contribution in [0.15, 0.2) is 21.4 Å². The van der Waals surface area contributed by atoms with E-state index in [0.29, 0.717) is 13.0 Å². The van der Waals surface area contributed by atoms with E-state index in [0.717, 1.165) is 10.2 Å². The first-order valence-corrected chi connectivity index (χ1v) is 4.50. The predicted octanol–water partition coefficient (Wildman–Crippen LogP) is 0.649. The first-order valence-electron chi connectivity index (χ1n) is 3.71. The molecule has 1 heterocycles. The minimum atomic E-state index is 0.00153. The molecule has 1 aromatic heterocycles. The van der Waals surface area contributed by atoms with Crippen LogP contribution in [0.4, 0.5) is 0 Å². The van der Waals surface area contributed by atoms with E-state index in [1.165, 1.54) is 6.07 Å². The largest absolute Gasteiger partial charge is 0.330 e. The highest BCUT2D eigenvalue weighted by Crippen LogP contribution is 2.13. The summed E-state index contributed by atoms with van der Waals surface area (Å²) in [5, 5.41) is 0. The van der Waals surface area contributed by atoms with Gasteiger partial charge in [0.1, 0.15) is 0 Å². The van der Waals surface area contributed by atoms with E-state index in [1.54, 1.807) is 17.7 Å². The topological polar surface area (TPSA) is 48.0 Å². The Hall–Kier alpha value is -0.610. The Bertz CT molecular complexity index is 332. The molecule has 2 N–H and O–H groups in total. The van der Waals surface area contributed by atoms with E-state index in [9.17, 15) is 4.79 Å². The maximum atomic E-state index is 11.2. The molecular formula is C8H11BrN2O. The lowest BCUT2D eigenvalue weighted by atomic mass is 10.2. The second-order valence-corrected chi connectivity index (χ2v) is 3.42. The molecule has 12 heavy (non-hydrogen) atoms. The maximum Gasteiger partial charge on any atom is 0.250 e. The Kier molecular flexibility index (Phi) is 3.05. The normalized spacial score (nSPS) is 10.2. The molecule has 3 nitrogen and oxygen atoms in total. The van der Waals surface area contributed by atoms with Gasteiger partial charge >= 0.3 is 0 Å². The minimum absolute atomic E-state index is 0.00153. The Morgan fingerprint density at radius 3 is 2.83 bits per heavy atom. The average Bonchev–Trinajstić information content (AvgIpc) is 2.06. The highest BCUT2D eigenvalue weighted by molar-refractivity contribution is 9.10. The highest BCUT2D eigenvalue weighted by atomic mass is 79.9. The van der Waals surface area contributed by atoms with E-state index >= 15 is 0 Å². The second kappa shape index (κ2) is 3.87. The number of nitrogens with zero attached hydrogens (tertiary/aromatic N) is 1. The fraction of sp³-hybridized carbons (Fsp3) is 0.375. The van der Waals surface area contributed by atoms with Crippen molar-refractivity contribution < 1.29 is 0 Å². The van der Waals surface area contributed by atoms with Gasteiger partial charge in [0.05, 0.1) is 0 Å². The standard InChI is InChI=1S/C8H11BrN2O/c1-11-7(4-5-10)6(9)2-3-8(11)12/h2-3H,4-5,10H2,1H3. The number of halogens is 1. The van der Waals surface area contributed by atoms with Gasteiger partial charge in [0, 0.05) is 29.7 Å². The SMILES string of the molecule is Cn1c(CCN)c(Br)ccc1=O. The molecule has 0 atom stereocenters. The van der Waals surface area contributed by atoms with Crippen molar-refractivity contribution in [3.63, 3.8) is 0 Å². The monoisotopic (exact) mass is 230 g/mol. The van der Waals surface area contributed by atoms with Crippen LogP contribution < -0.4 is 11.3 Å². The summed E-state index contributed by atoms with van der Waals surface area (Å²) in [5.74, 6) is 0. The van der Waals surface area contributed by atoms with Gasteiger partial charge in [-0.05, 0) is 28.5 Å². The van der Waals surface area contributed by atoms with Crippen LogP contribution in [-0.4, -0.2) is 11.1 Å². The van der Waals surface area contributed by atoms with E-state index in [4.69, 9.17) is 5.73 Å². The van der Waals surface area contributed by atoms with Crippen LogP contribution in [0.5, 0.6) is 0 Å². The van der Waals surface area contributed by atoms with E-state index in [1.807, 2.05) is 0 Å². The molecule has 0 saturated heterocycles. The molecule has 0 aromatic carbocycles. The number of aromatic nitrogens is 1. The van der Waals surface area contributed by atoms with Crippen molar-refractivity contribution in [1.29, 1.82) is 0 Å². The van der Waals surface area contributed by atoms with Gasteiger partial charge in [0.2, 0.25) is 0 Å². The molecule has 0 aliphatic heterocycles. The smallest absolute Gasteiger partial charge is 0.250 e. The summed E-state index contributed by atoms with van der Waals surface area (Å²) in [5.41, 5.74) is 6.36. The van der Waals surface area contributed by atoms with Crippen molar-refractivity contribution in [2.24, 2.45) is 12.8 Å². The Labute approximate surface area is 79.3 Å². The summed E-state index contributed by atoms with van der Waals surface area (Å²) >= 11 is 3.37. The molecule has 4 heteroatoms. The van der Waals surface area contributed by atoms with Crippen LogP contribution in [0.25, 0.3) is 0 Å². The van der Waals surface area contributed by atoms with Gasteiger partial charge in [-0.2, -0.15) is 0 Å². The molecule has 0 unspecified atom stereocenters. The summed E-state index contributed by atoms with van der Waals surface area (Å²) in [6, 6.07) is 3.29. The molecule has 0 aliphatic rings. The molecule has 0 spiro atoms. The Morgan fingerprint density at radius 1 is 1.58 bits per heavy atom. The summed E-state index contributed by atoms with van der Waals surface area (Å²) in [6.45, 7) is 0.551. The van der Waals surface area contributed by atoms with Crippen molar-refractivity contribution in [3.8, 4) is 0 Å². The average molecular weight is 231 g/mol. The summed E-state index contributed by atoms with van der Waals surface area (Å²) in [7, 11) is 1.75. The molecule has 1 rings (SSSR count). The van der Waals surface area contributed by atoms with E-state index in [-0.39, 0.29) is 5.56 Å². The number of rotatable bonds is 2. The molecule has 0 amide bonds. The van der Waals surface area contributed by atoms with E-state index < -0.39 is 0 Å². The third kappa shape index (κ3) is 1.76. The fourth-order valence-corrected chi connectivity index (χ4v) is 1.67. The zero-order chi connectivity index (χ0) is 9.14. The molecule has 66 valence electrons. The van der Waals surface area contributed by atoms with Crippen LogP contribution in [0, 0.1) is 0 Å². The lowest BCUT2D eigenvalue weighted by Crippen LogP contribution is -2.21. The van der Waals surface area contributed by atoms with Gasteiger partial charge in [-0.25, -0.2) is 0 Å². The fourth-order valence-electron chi connectivity index (χ4n) is 1.07. The van der Waals surface area contributed by atoms with Gasteiger partial charge in [-0.3, -0.25) is 4.79 Å². The van der Waals surface area contributed by atoms with Crippen LogP contribution in [-0.2, 0) is 13.5 Å². The van der Waals surface area contributed by atoms with Gasteiger partial charge in [0.15, 0.2) is 0 Å². The zero-order valence-electron chi connectivity index (χ0n) is 6.88. The van der Waals surface area contributed by atoms with E-state index in [2.05, 4.69) is 15.9 Å². The first kappa shape index (κ1) is 9.48. The van der Waals surface area contributed by atoms with Crippen molar-refractivity contribution in [2.45, 2.75) is 6.42 Å². The van der Waals surface area contributed by atoms with Crippen molar-refractivity contribution in [3.05, 3.63) is 32.7 Å². The lowest BCUT2D eigenvalue weighted by Gasteiger charge is -2.07. The van der Waals surface area contributed by atoms with Crippen LogP contribution in [0.2, 0.25) is 0 Å². The number of hydrogen-bond donors (Lipinski definition) is 1. The second-order valence-electron chi connectivity index (χ2n) is 2.56. The van der Waals surface area contributed by atoms with Gasteiger partial charge in [0.25, 0.3) is 5.56 Å². The lowest BCUT2D eigenvalue weighted by molar-refractivity contribution is 0.755. The van der Waals surface area contributed by atoms with Gasteiger partial charge in [-0.1, -0.05) is 0 Å². The zero-order valence-corrected chi connectivity index (χ0v) is 8.47. The van der Waals surface area contributed by atoms with Crippen molar-refractivity contribution in [1.82, 2.24) is 4.57 Å². The van der Waals surface area contributed by atoms with Gasteiger partial charge in [-0.15, -0.1) is 0 Å². The third-order valence-corrected chi connectivity index (χ3v) is 2.49. The molecule has 0 fully saturated rings. The molecule has 0 bridgehead atoms. The molecule has 0 saturated carbocycles. The number of hydrogen-bond acceptors (Lipinski definition) is 2. The minimum Gasteiger partial charge on any atom is -0.330 e. The van der Waals surface area contributed by atoms with Crippen molar-refractivity contribution in [2.75, 3.05) is 6.54 Å². The molecule has 0 radical (unpaired) electrons. The number of pyridine rings is 1. The third-order valence-electron chi connectivity index (χ3n) is 1.76. The van der Waals surface area contributed by atoms with Gasteiger partial charge < -0.3 is 10.3 Å². The van der Waals surface area contributed by atoms with Crippen LogP contribution in [0.1, 0.15) is 5.69 Å². The number of nitrogens with two attached hydrogens (primary N) is 1. The molecular weight excluding hydrogens is 220 g/mol. The van der Waals surface area contributed by atoms with Crippen molar-refractivity contribution >= 4 is 15.9 Å². The summed E-state index contributed by atoms with van der Waals surface area (Å²) in [4.78, 5) is 11.2.